The molecule has 0 aliphatic heterocycles. The Morgan fingerprint density at radius 2 is 1.95 bits per heavy atom. The molecule has 0 bridgehead atoms. The minimum absolute atomic E-state index is 0.243. The number of hydrogen-bond donors (Lipinski definition) is 2. The molecule has 2 N–H and O–H groups in total. The fraction of sp³-hybridized carbons (Fsp3) is 0.500. The molecule has 0 fully saturated rings. The van der Waals surface area contributed by atoms with Gasteiger partial charge in [-0.15, -0.1) is 0 Å². The van der Waals surface area contributed by atoms with Gasteiger partial charge in [0, 0.05) is 18.5 Å². The first-order valence-corrected chi connectivity index (χ1v) is 7.48. The summed E-state index contributed by atoms with van der Waals surface area (Å²) >= 11 is 0. The molecule has 1 aromatic carbocycles. The van der Waals surface area contributed by atoms with Crippen LogP contribution in [0.25, 0.3) is 0 Å². The number of amidine groups is 1. The van der Waals surface area contributed by atoms with Crippen LogP contribution in [0.1, 0.15) is 23.7 Å². The number of quaternary nitrogens is 1. The van der Waals surface area contributed by atoms with E-state index in [9.17, 15) is 4.79 Å². The van der Waals surface area contributed by atoms with Gasteiger partial charge in [-0.05, 0) is 31.2 Å². The Labute approximate surface area is 132 Å². The molecule has 0 aliphatic carbocycles. The van der Waals surface area contributed by atoms with Gasteiger partial charge in [0.25, 0.3) is 11.9 Å². The fourth-order valence-corrected chi connectivity index (χ4v) is 1.78. The second-order valence-electron chi connectivity index (χ2n) is 5.11. The maximum Gasteiger partial charge on any atom is 0.291 e. The molecule has 1 rings (SSSR count). The van der Waals surface area contributed by atoms with Crippen LogP contribution in [0.5, 0.6) is 5.75 Å². The zero-order valence-corrected chi connectivity index (χ0v) is 13.8. The number of benzene rings is 1. The molecule has 0 radical (unpaired) electrons. The molecule has 6 nitrogen and oxygen atoms in total. The number of rotatable bonds is 7. The number of nitrogens with zero attached hydrogens (tertiary/aromatic N) is 1. The van der Waals surface area contributed by atoms with Gasteiger partial charge in [0.05, 0.1) is 34.4 Å². The summed E-state index contributed by atoms with van der Waals surface area (Å²) in [7, 11) is 5.78. The quantitative estimate of drug-likeness (QED) is 0.434. The van der Waals surface area contributed by atoms with Crippen molar-refractivity contribution in [1.29, 1.82) is 0 Å². The fourth-order valence-electron chi connectivity index (χ4n) is 1.78. The summed E-state index contributed by atoms with van der Waals surface area (Å²) in [5.74, 6) is 0.467. The normalized spacial score (nSPS) is 11.4. The van der Waals surface area contributed by atoms with Gasteiger partial charge in [0.2, 0.25) is 0 Å². The van der Waals surface area contributed by atoms with Crippen LogP contribution in [0.15, 0.2) is 29.3 Å². The highest BCUT2D eigenvalue weighted by Gasteiger charge is 2.09. The smallest absolute Gasteiger partial charge is 0.291 e. The predicted molar refractivity (Wildman–Crippen MR) is 86.7 cm³/mol. The second-order valence-corrected chi connectivity index (χ2v) is 5.11. The van der Waals surface area contributed by atoms with E-state index in [1.807, 2.05) is 6.92 Å². The number of aliphatic imine (C=N–C) groups is 1. The number of carbonyl (C=O) groups is 1. The number of carbonyl (C=O) groups excluding carboxylic acids is 1. The number of hydrogen-bond acceptors (Lipinski definition) is 4. The average molecular weight is 308 g/mol. The Kier molecular flexibility index (Phi) is 7.99. The highest BCUT2D eigenvalue weighted by atomic mass is 16.5. The van der Waals surface area contributed by atoms with Gasteiger partial charge < -0.3 is 14.4 Å². The molecule has 6 heteroatoms. The average Bonchev–Trinajstić information content (AvgIpc) is 2.51. The summed E-state index contributed by atoms with van der Waals surface area (Å²) in [4.78, 5) is 17.8. The highest BCUT2D eigenvalue weighted by Crippen LogP contribution is 2.11. The third-order valence-electron chi connectivity index (χ3n) is 2.94. The molecular formula is C16H26N3O3+. The Bertz CT molecular complexity index is 484. The van der Waals surface area contributed by atoms with Crippen LogP contribution in [0.4, 0.5) is 0 Å². The van der Waals surface area contributed by atoms with E-state index in [4.69, 9.17) is 9.47 Å². The molecule has 0 aromatic heterocycles. The van der Waals surface area contributed by atoms with Crippen molar-refractivity contribution in [3.8, 4) is 5.75 Å². The van der Waals surface area contributed by atoms with Gasteiger partial charge in [-0.25, -0.2) is 4.99 Å². The Hall–Kier alpha value is -2.08. The summed E-state index contributed by atoms with van der Waals surface area (Å²) in [6.07, 6.45) is 0.942. The largest absolute Gasteiger partial charge is 0.497 e. The van der Waals surface area contributed by atoms with Crippen molar-refractivity contribution in [2.24, 2.45) is 4.99 Å². The van der Waals surface area contributed by atoms with Gasteiger partial charge in [0.1, 0.15) is 5.75 Å². The highest BCUT2D eigenvalue weighted by molar-refractivity contribution is 6.04. The molecule has 0 saturated heterocycles. The van der Waals surface area contributed by atoms with Crippen LogP contribution in [0, 0.1) is 0 Å². The topological polar surface area (TPSA) is 64.4 Å². The van der Waals surface area contributed by atoms with Crippen molar-refractivity contribution in [1.82, 2.24) is 5.32 Å². The van der Waals surface area contributed by atoms with Crippen molar-refractivity contribution in [3.63, 3.8) is 0 Å². The predicted octanol–water partition coefficient (Wildman–Crippen LogP) is 0.352. The van der Waals surface area contributed by atoms with E-state index in [0.717, 1.165) is 13.0 Å². The van der Waals surface area contributed by atoms with E-state index in [1.165, 1.54) is 4.90 Å². The molecule has 1 amide bonds. The number of nitrogens with one attached hydrogen (secondary N) is 2. The van der Waals surface area contributed by atoms with Gasteiger partial charge in [-0.3, -0.25) is 10.1 Å². The zero-order chi connectivity index (χ0) is 16.4. The summed E-state index contributed by atoms with van der Waals surface area (Å²) in [5, 5.41) is 2.70. The third-order valence-corrected chi connectivity index (χ3v) is 2.94. The van der Waals surface area contributed by atoms with Gasteiger partial charge in [-0.1, -0.05) is 0 Å². The van der Waals surface area contributed by atoms with Crippen LogP contribution in [-0.4, -0.2) is 52.8 Å². The Morgan fingerprint density at radius 3 is 2.50 bits per heavy atom. The summed E-state index contributed by atoms with van der Waals surface area (Å²) in [5.41, 5.74) is 0.533. The lowest BCUT2D eigenvalue weighted by atomic mass is 10.2. The molecule has 1 aromatic rings. The zero-order valence-electron chi connectivity index (χ0n) is 13.8. The SMILES string of the molecule is CCOC(=NCCC[NH+](C)C)NC(=O)c1ccc(OC)cc1. The lowest BCUT2D eigenvalue weighted by molar-refractivity contribution is -0.858. The first kappa shape index (κ1) is 18.0. The van der Waals surface area contributed by atoms with Crippen molar-refractivity contribution in [2.75, 3.05) is 40.9 Å². The van der Waals surface area contributed by atoms with E-state index >= 15 is 0 Å². The lowest BCUT2D eigenvalue weighted by Gasteiger charge is -2.10. The molecule has 22 heavy (non-hydrogen) atoms. The first-order chi connectivity index (χ1) is 10.6. The van der Waals surface area contributed by atoms with Crippen LogP contribution in [0.2, 0.25) is 0 Å². The van der Waals surface area contributed by atoms with Crippen molar-refractivity contribution in [2.45, 2.75) is 13.3 Å². The summed E-state index contributed by atoms with van der Waals surface area (Å²) in [6, 6.07) is 7.16. The standard InChI is InChI=1S/C16H25N3O3/c1-5-22-16(17-11-6-12-19(2)3)18-15(20)13-7-9-14(21-4)10-8-13/h7-10H,5-6,11-12H2,1-4H3,(H,17,18,20)/p+1. The first-order valence-electron chi connectivity index (χ1n) is 7.48. The van der Waals surface area contributed by atoms with E-state index in [2.05, 4.69) is 24.4 Å². The second kappa shape index (κ2) is 9.78. The number of ether oxygens (including phenoxy) is 2. The van der Waals surface area contributed by atoms with Crippen LogP contribution in [-0.2, 0) is 4.74 Å². The summed E-state index contributed by atoms with van der Waals surface area (Å²) in [6.45, 7) is 3.97. The Morgan fingerprint density at radius 1 is 1.27 bits per heavy atom. The maximum absolute atomic E-state index is 12.2. The van der Waals surface area contributed by atoms with E-state index in [1.54, 1.807) is 31.4 Å². The molecule has 0 heterocycles. The van der Waals surface area contributed by atoms with Crippen molar-refractivity contribution < 1.29 is 19.2 Å². The molecule has 0 saturated carbocycles. The Balaban J connectivity index is 2.60. The van der Waals surface area contributed by atoms with Crippen LogP contribution < -0.4 is 15.0 Å². The molecule has 0 unspecified atom stereocenters. The molecular weight excluding hydrogens is 282 g/mol. The van der Waals surface area contributed by atoms with E-state index < -0.39 is 0 Å². The molecule has 0 spiro atoms. The summed E-state index contributed by atoms with van der Waals surface area (Å²) < 4.78 is 10.4. The molecule has 0 atom stereocenters. The van der Waals surface area contributed by atoms with Gasteiger partial charge in [-0.2, -0.15) is 0 Å². The number of amides is 1. The third kappa shape index (κ3) is 6.58. The maximum atomic E-state index is 12.2. The minimum Gasteiger partial charge on any atom is -0.497 e. The van der Waals surface area contributed by atoms with Crippen LogP contribution in [0.3, 0.4) is 0 Å². The van der Waals surface area contributed by atoms with E-state index in [-0.39, 0.29) is 11.9 Å². The molecule has 0 aliphatic rings. The minimum atomic E-state index is -0.243. The van der Waals surface area contributed by atoms with E-state index in [0.29, 0.717) is 24.5 Å². The van der Waals surface area contributed by atoms with Gasteiger partial charge >= 0.3 is 0 Å². The monoisotopic (exact) mass is 308 g/mol. The molecule has 122 valence electrons. The van der Waals surface area contributed by atoms with Crippen molar-refractivity contribution in [3.05, 3.63) is 29.8 Å². The number of methoxy groups -OCH3 is 1. The van der Waals surface area contributed by atoms with Crippen LogP contribution >= 0.6 is 0 Å². The van der Waals surface area contributed by atoms with Gasteiger partial charge in [0.15, 0.2) is 0 Å². The lowest BCUT2D eigenvalue weighted by Crippen LogP contribution is -3.05. The van der Waals surface area contributed by atoms with Crippen molar-refractivity contribution >= 4 is 11.9 Å².